The van der Waals surface area contributed by atoms with E-state index in [0.29, 0.717) is 17.9 Å². The summed E-state index contributed by atoms with van der Waals surface area (Å²) in [7, 11) is 0. The van der Waals surface area contributed by atoms with Crippen LogP contribution < -0.4 is 9.64 Å². The third-order valence-electron chi connectivity index (χ3n) is 6.51. The zero-order chi connectivity index (χ0) is 24.9. The Hall–Kier alpha value is -3.26. The largest absolute Gasteiger partial charge is 0.457 e. The van der Waals surface area contributed by atoms with Gasteiger partial charge in [-0.25, -0.2) is 4.98 Å². The summed E-state index contributed by atoms with van der Waals surface area (Å²) in [5.41, 5.74) is 4.00. The van der Waals surface area contributed by atoms with Gasteiger partial charge in [-0.3, -0.25) is 14.6 Å². The minimum atomic E-state index is -0.0456. The number of ether oxygens (including phenoxy) is 2. The van der Waals surface area contributed by atoms with Crippen molar-refractivity contribution in [3.63, 3.8) is 0 Å². The number of benzene rings is 3. The lowest BCUT2D eigenvalue weighted by molar-refractivity contribution is 0.0376. The molecular formula is C29H31N3O3S. The van der Waals surface area contributed by atoms with Gasteiger partial charge in [-0.1, -0.05) is 29.5 Å². The molecule has 0 bridgehead atoms. The second-order valence-electron chi connectivity index (χ2n) is 9.10. The van der Waals surface area contributed by atoms with Crippen LogP contribution in [-0.4, -0.2) is 55.2 Å². The van der Waals surface area contributed by atoms with Crippen molar-refractivity contribution in [2.75, 3.05) is 44.3 Å². The van der Waals surface area contributed by atoms with E-state index in [9.17, 15) is 4.79 Å². The molecular weight excluding hydrogens is 470 g/mol. The molecule has 1 saturated heterocycles. The number of hydrogen-bond acceptors (Lipinski definition) is 6. The highest BCUT2D eigenvalue weighted by atomic mass is 32.1. The van der Waals surface area contributed by atoms with Gasteiger partial charge >= 0.3 is 0 Å². The fourth-order valence-electron chi connectivity index (χ4n) is 4.29. The Balaban J connectivity index is 1.36. The van der Waals surface area contributed by atoms with E-state index in [0.717, 1.165) is 60.4 Å². The number of nitrogens with zero attached hydrogens (tertiary/aromatic N) is 3. The van der Waals surface area contributed by atoms with E-state index in [4.69, 9.17) is 14.5 Å². The number of rotatable bonds is 8. The molecule has 0 unspecified atom stereocenters. The van der Waals surface area contributed by atoms with Crippen molar-refractivity contribution >= 4 is 32.6 Å². The number of anilines is 1. The van der Waals surface area contributed by atoms with Gasteiger partial charge in [0.15, 0.2) is 5.13 Å². The topological polar surface area (TPSA) is 54.9 Å². The van der Waals surface area contributed by atoms with Crippen LogP contribution >= 0.6 is 11.3 Å². The first-order valence-electron chi connectivity index (χ1n) is 12.4. The Morgan fingerprint density at radius 1 is 1.00 bits per heavy atom. The molecule has 0 radical (unpaired) electrons. The molecule has 0 spiro atoms. The van der Waals surface area contributed by atoms with E-state index in [-0.39, 0.29) is 5.91 Å². The van der Waals surface area contributed by atoms with E-state index in [1.807, 2.05) is 59.5 Å². The number of hydrogen-bond donors (Lipinski definition) is 0. The Morgan fingerprint density at radius 3 is 2.44 bits per heavy atom. The van der Waals surface area contributed by atoms with E-state index in [1.165, 1.54) is 11.1 Å². The number of aromatic nitrogens is 1. The van der Waals surface area contributed by atoms with Crippen LogP contribution in [0.15, 0.2) is 66.7 Å². The average Bonchev–Trinajstić information content (AvgIpc) is 3.30. The number of carbonyl (C=O) groups is 1. The van der Waals surface area contributed by atoms with Gasteiger partial charge in [0, 0.05) is 31.7 Å². The maximum absolute atomic E-state index is 13.7. The molecule has 186 valence electrons. The monoisotopic (exact) mass is 501 g/mol. The van der Waals surface area contributed by atoms with Gasteiger partial charge in [-0.2, -0.15) is 0 Å². The molecule has 0 atom stereocenters. The van der Waals surface area contributed by atoms with Crippen LogP contribution in [0.25, 0.3) is 10.2 Å². The van der Waals surface area contributed by atoms with Gasteiger partial charge in [-0.05, 0) is 79.9 Å². The SMILES string of the molecule is Cc1cc2nc(N(CCCN3CCOCC3)C(=O)c3ccc(Oc4ccccc4)cc3)sc2cc1C. The smallest absolute Gasteiger partial charge is 0.260 e. The van der Waals surface area contributed by atoms with Gasteiger partial charge in [0.05, 0.1) is 23.4 Å². The fraction of sp³-hybridized carbons (Fsp3) is 0.310. The minimum Gasteiger partial charge on any atom is -0.457 e. The van der Waals surface area contributed by atoms with Crippen molar-refractivity contribution in [3.05, 3.63) is 83.4 Å². The summed E-state index contributed by atoms with van der Waals surface area (Å²) in [5.74, 6) is 1.42. The molecule has 7 heteroatoms. The van der Waals surface area contributed by atoms with Crippen LogP contribution in [0, 0.1) is 13.8 Å². The molecule has 0 aliphatic carbocycles. The molecule has 1 aliphatic rings. The third kappa shape index (κ3) is 5.75. The number of thiazole rings is 1. The van der Waals surface area contributed by atoms with Gasteiger partial charge < -0.3 is 9.47 Å². The molecule has 1 fully saturated rings. The summed E-state index contributed by atoms with van der Waals surface area (Å²) in [6, 6.07) is 21.3. The van der Waals surface area contributed by atoms with Crippen molar-refractivity contribution in [1.82, 2.24) is 9.88 Å². The number of aryl methyl sites for hydroxylation is 2. The van der Waals surface area contributed by atoms with Crippen molar-refractivity contribution < 1.29 is 14.3 Å². The van der Waals surface area contributed by atoms with Gasteiger partial charge in [0.2, 0.25) is 0 Å². The summed E-state index contributed by atoms with van der Waals surface area (Å²) >= 11 is 1.58. The summed E-state index contributed by atoms with van der Waals surface area (Å²) in [6.07, 6.45) is 0.870. The molecule has 0 saturated carbocycles. The lowest BCUT2D eigenvalue weighted by Crippen LogP contribution is -2.39. The molecule has 0 N–H and O–H groups in total. The van der Waals surface area contributed by atoms with E-state index in [2.05, 4.69) is 30.9 Å². The molecule has 2 heterocycles. The van der Waals surface area contributed by atoms with Crippen LogP contribution in [0.1, 0.15) is 27.9 Å². The first kappa shape index (κ1) is 24.4. The van der Waals surface area contributed by atoms with Gasteiger partial charge in [0.1, 0.15) is 11.5 Å². The average molecular weight is 502 g/mol. The zero-order valence-corrected chi connectivity index (χ0v) is 21.6. The lowest BCUT2D eigenvalue weighted by Gasteiger charge is -2.27. The van der Waals surface area contributed by atoms with Crippen LogP contribution in [0.5, 0.6) is 11.5 Å². The van der Waals surface area contributed by atoms with E-state index < -0.39 is 0 Å². The highest BCUT2D eigenvalue weighted by molar-refractivity contribution is 7.22. The standard InChI is InChI=1S/C29H31N3O3S/c1-21-19-26-27(20-22(21)2)36-29(30-26)32(14-6-13-31-15-17-34-18-16-31)28(33)23-9-11-25(12-10-23)35-24-7-4-3-5-8-24/h3-5,7-12,19-20H,6,13-18H2,1-2H3. The first-order chi connectivity index (χ1) is 17.6. The molecule has 36 heavy (non-hydrogen) atoms. The molecule has 4 aromatic rings. The number of para-hydroxylation sites is 1. The zero-order valence-electron chi connectivity index (χ0n) is 20.8. The number of morpholine rings is 1. The fourth-order valence-corrected chi connectivity index (χ4v) is 5.36. The molecule has 5 rings (SSSR count). The summed E-state index contributed by atoms with van der Waals surface area (Å²) in [6.45, 7) is 9.17. The minimum absolute atomic E-state index is 0.0456. The molecule has 6 nitrogen and oxygen atoms in total. The predicted octanol–water partition coefficient (Wildman–Crippen LogP) is 6.07. The molecule has 1 aromatic heterocycles. The highest BCUT2D eigenvalue weighted by Crippen LogP contribution is 2.32. The molecule has 3 aromatic carbocycles. The number of carbonyl (C=O) groups excluding carboxylic acids is 1. The Morgan fingerprint density at radius 2 is 1.69 bits per heavy atom. The second kappa shape index (κ2) is 11.2. The van der Waals surface area contributed by atoms with E-state index >= 15 is 0 Å². The van der Waals surface area contributed by atoms with Crippen LogP contribution in [-0.2, 0) is 4.74 Å². The lowest BCUT2D eigenvalue weighted by atomic mass is 10.1. The summed E-state index contributed by atoms with van der Waals surface area (Å²) < 4.78 is 12.5. The van der Waals surface area contributed by atoms with Crippen LogP contribution in [0.3, 0.4) is 0 Å². The first-order valence-corrected chi connectivity index (χ1v) is 13.2. The van der Waals surface area contributed by atoms with Gasteiger partial charge in [0.25, 0.3) is 5.91 Å². The highest BCUT2D eigenvalue weighted by Gasteiger charge is 2.22. The van der Waals surface area contributed by atoms with Crippen molar-refractivity contribution in [2.45, 2.75) is 20.3 Å². The van der Waals surface area contributed by atoms with Crippen molar-refractivity contribution in [3.8, 4) is 11.5 Å². The van der Waals surface area contributed by atoms with Crippen LogP contribution in [0.4, 0.5) is 5.13 Å². The third-order valence-corrected chi connectivity index (χ3v) is 7.55. The van der Waals surface area contributed by atoms with Gasteiger partial charge in [-0.15, -0.1) is 0 Å². The Labute approximate surface area is 216 Å². The molecule has 1 amide bonds. The summed E-state index contributed by atoms with van der Waals surface area (Å²) in [5, 5.41) is 0.742. The normalized spacial score (nSPS) is 14.2. The molecule has 1 aliphatic heterocycles. The maximum Gasteiger partial charge on any atom is 0.260 e. The second-order valence-corrected chi connectivity index (χ2v) is 10.1. The van der Waals surface area contributed by atoms with E-state index in [1.54, 1.807) is 11.3 Å². The van der Waals surface area contributed by atoms with Crippen molar-refractivity contribution in [2.24, 2.45) is 0 Å². The van der Waals surface area contributed by atoms with Crippen molar-refractivity contribution in [1.29, 1.82) is 0 Å². The quantitative estimate of drug-likeness (QED) is 0.293. The Bertz CT molecular complexity index is 1280. The maximum atomic E-state index is 13.7. The summed E-state index contributed by atoms with van der Waals surface area (Å²) in [4.78, 5) is 22.8. The number of amides is 1. The predicted molar refractivity (Wildman–Crippen MR) is 146 cm³/mol. The number of fused-ring (bicyclic) bond motifs is 1. The van der Waals surface area contributed by atoms with Crippen LogP contribution in [0.2, 0.25) is 0 Å². The Kier molecular flexibility index (Phi) is 7.60.